The highest BCUT2D eigenvalue weighted by molar-refractivity contribution is 7.90. The molecule has 0 bridgehead atoms. The number of nitrogens with zero attached hydrogens (tertiary/aromatic N) is 2. The zero-order valence-corrected chi connectivity index (χ0v) is 16.7. The zero-order chi connectivity index (χ0) is 20.7. The first-order valence-electron chi connectivity index (χ1n) is 8.11. The van der Waals surface area contributed by atoms with Gasteiger partial charge < -0.3 is 4.74 Å². The number of rotatable bonds is 6. The molecule has 9 heteroatoms. The summed E-state index contributed by atoms with van der Waals surface area (Å²) in [4.78, 5) is 10.3. The van der Waals surface area contributed by atoms with Gasteiger partial charge in [0.05, 0.1) is 23.3 Å². The number of para-hydroxylation sites is 1. The van der Waals surface area contributed by atoms with Crippen molar-refractivity contribution in [1.29, 1.82) is 0 Å². The van der Waals surface area contributed by atoms with Gasteiger partial charge in [0.2, 0.25) is 10.0 Å². The van der Waals surface area contributed by atoms with Crippen molar-refractivity contribution < 1.29 is 18.1 Å². The molecule has 148 valence electrons. The van der Waals surface area contributed by atoms with Crippen LogP contribution in [-0.2, 0) is 15.9 Å². The fourth-order valence-electron chi connectivity index (χ4n) is 2.49. The molecular formula is C19H19ClN2O5S. The van der Waals surface area contributed by atoms with Gasteiger partial charge in [0.1, 0.15) is 5.75 Å². The number of alkyl halides is 1. The van der Waals surface area contributed by atoms with Gasteiger partial charge in [0, 0.05) is 29.6 Å². The maximum Gasteiger partial charge on any atom is 0.270 e. The number of nitro groups is 1. The SMILES string of the molecule is C=CCS(=O)(=O)n1cc(CCl)c2cc([N+](=O)[O-])ccc21.COc1ccccc1. The molecule has 1 aromatic heterocycles. The third-order valence-corrected chi connectivity index (χ3v) is 5.64. The summed E-state index contributed by atoms with van der Waals surface area (Å²) in [6.45, 7) is 3.41. The van der Waals surface area contributed by atoms with Crippen LogP contribution < -0.4 is 4.74 Å². The number of non-ortho nitro benzene ring substituents is 1. The Morgan fingerprint density at radius 1 is 1.25 bits per heavy atom. The van der Waals surface area contributed by atoms with Gasteiger partial charge in [-0.3, -0.25) is 10.1 Å². The van der Waals surface area contributed by atoms with E-state index in [-0.39, 0.29) is 17.3 Å². The van der Waals surface area contributed by atoms with Crippen LogP contribution in [0.5, 0.6) is 5.75 Å². The molecule has 2 aromatic carbocycles. The lowest BCUT2D eigenvalue weighted by Gasteiger charge is -2.04. The minimum absolute atomic E-state index is 0.0638. The van der Waals surface area contributed by atoms with Crippen molar-refractivity contribution in [1.82, 2.24) is 3.97 Å². The third-order valence-electron chi connectivity index (χ3n) is 3.80. The van der Waals surface area contributed by atoms with Crippen molar-refractivity contribution in [3.8, 4) is 5.75 Å². The number of hydrogen-bond donors (Lipinski definition) is 0. The summed E-state index contributed by atoms with van der Waals surface area (Å²) in [7, 11) is -1.93. The lowest BCUT2D eigenvalue weighted by molar-refractivity contribution is -0.384. The lowest BCUT2D eigenvalue weighted by Crippen LogP contribution is -2.14. The van der Waals surface area contributed by atoms with Gasteiger partial charge in [-0.2, -0.15) is 0 Å². The lowest BCUT2D eigenvalue weighted by atomic mass is 10.2. The minimum Gasteiger partial charge on any atom is -0.497 e. The summed E-state index contributed by atoms with van der Waals surface area (Å²) in [6.07, 6.45) is 2.67. The van der Waals surface area contributed by atoms with E-state index in [0.717, 1.165) is 9.72 Å². The molecule has 7 nitrogen and oxygen atoms in total. The van der Waals surface area contributed by atoms with E-state index in [9.17, 15) is 18.5 Å². The molecule has 0 amide bonds. The fraction of sp³-hybridized carbons (Fsp3) is 0.158. The second-order valence-electron chi connectivity index (χ2n) is 5.63. The first kappa shape index (κ1) is 21.5. The van der Waals surface area contributed by atoms with Crippen molar-refractivity contribution in [3.05, 3.63) is 83.1 Å². The molecule has 0 saturated carbocycles. The van der Waals surface area contributed by atoms with Gasteiger partial charge >= 0.3 is 0 Å². The standard InChI is InChI=1S/C12H11ClN2O4S.C7H8O/c1-2-5-20(18,19)14-8-9(7-13)11-6-10(15(16)17)3-4-12(11)14;1-8-7-5-3-2-4-6-7/h2-4,6,8H,1,5,7H2;2-6H,1H3. The van der Waals surface area contributed by atoms with E-state index < -0.39 is 14.9 Å². The van der Waals surface area contributed by atoms with Crippen LogP contribution in [0, 0.1) is 10.1 Å². The monoisotopic (exact) mass is 422 g/mol. The largest absolute Gasteiger partial charge is 0.497 e. The van der Waals surface area contributed by atoms with E-state index in [4.69, 9.17) is 16.3 Å². The summed E-state index contributed by atoms with van der Waals surface area (Å²) >= 11 is 5.78. The number of fused-ring (bicyclic) bond motifs is 1. The Kier molecular flexibility index (Phi) is 7.19. The van der Waals surface area contributed by atoms with Gasteiger partial charge in [-0.25, -0.2) is 12.4 Å². The molecule has 0 aliphatic heterocycles. The molecule has 3 rings (SSSR count). The Hall–Kier alpha value is -2.84. The van der Waals surface area contributed by atoms with E-state index in [1.165, 1.54) is 30.5 Å². The number of halogens is 1. The summed E-state index contributed by atoms with van der Waals surface area (Å²) in [6, 6.07) is 13.7. The predicted octanol–water partition coefficient (Wildman–Crippen LogP) is 4.35. The van der Waals surface area contributed by atoms with Gasteiger partial charge in [0.15, 0.2) is 0 Å². The molecule has 0 fully saturated rings. The van der Waals surface area contributed by atoms with E-state index in [0.29, 0.717) is 16.5 Å². The van der Waals surface area contributed by atoms with Crippen molar-refractivity contribution >= 4 is 38.2 Å². The molecule has 0 atom stereocenters. The number of nitro benzene ring substituents is 1. The number of aromatic nitrogens is 1. The molecule has 0 N–H and O–H groups in total. The van der Waals surface area contributed by atoms with Crippen LogP contribution in [0.2, 0.25) is 0 Å². The van der Waals surface area contributed by atoms with Crippen LogP contribution in [0.4, 0.5) is 5.69 Å². The first-order valence-corrected chi connectivity index (χ1v) is 10.3. The summed E-state index contributed by atoms with van der Waals surface area (Å²) < 4.78 is 30.2. The predicted molar refractivity (Wildman–Crippen MR) is 111 cm³/mol. The average molecular weight is 423 g/mol. The maximum absolute atomic E-state index is 12.1. The normalized spacial score (nSPS) is 10.8. The van der Waals surface area contributed by atoms with Crippen LogP contribution in [0.15, 0.2) is 67.4 Å². The summed E-state index contributed by atoms with van der Waals surface area (Å²) in [5.74, 6) is 0.747. The number of hydrogen-bond acceptors (Lipinski definition) is 5. The summed E-state index contributed by atoms with van der Waals surface area (Å²) in [5.41, 5.74) is 0.786. The Labute approximate surface area is 168 Å². The molecule has 0 aliphatic rings. The van der Waals surface area contributed by atoms with Gasteiger partial charge in [-0.1, -0.05) is 24.3 Å². The minimum atomic E-state index is -3.59. The zero-order valence-electron chi connectivity index (χ0n) is 15.1. The molecule has 0 radical (unpaired) electrons. The van der Waals surface area contributed by atoms with E-state index >= 15 is 0 Å². The molecule has 0 saturated heterocycles. The van der Waals surface area contributed by atoms with Crippen LogP contribution in [0.1, 0.15) is 5.56 Å². The van der Waals surface area contributed by atoms with E-state index in [2.05, 4.69) is 6.58 Å². The Bertz CT molecular complexity index is 1080. The number of benzene rings is 2. The van der Waals surface area contributed by atoms with E-state index in [1.807, 2.05) is 30.3 Å². The topological polar surface area (TPSA) is 91.4 Å². The molecular weight excluding hydrogens is 404 g/mol. The molecule has 0 unspecified atom stereocenters. The van der Waals surface area contributed by atoms with Crippen LogP contribution in [0.25, 0.3) is 10.9 Å². The fourth-order valence-corrected chi connectivity index (χ4v) is 3.91. The van der Waals surface area contributed by atoms with Crippen molar-refractivity contribution in [2.75, 3.05) is 12.9 Å². The van der Waals surface area contributed by atoms with Crippen molar-refractivity contribution in [2.24, 2.45) is 0 Å². The van der Waals surface area contributed by atoms with Gasteiger partial charge in [-0.05, 0) is 23.8 Å². The third kappa shape index (κ3) is 4.90. The Balaban J connectivity index is 0.000000292. The first-order chi connectivity index (χ1) is 13.3. The smallest absolute Gasteiger partial charge is 0.270 e. The molecule has 0 spiro atoms. The quantitative estimate of drug-likeness (QED) is 0.255. The second kappa shape index (κ2) is 9.38. The Morgan fingerprint density at radius 3 is 2.43 bits per heavy atom. The maximum atomic E-state index is 12.1. The van der Waals surface area contributed by atoms with Crippen molar-refractivity contribution in [2.45, 2.75) is 5.88 Å². The summed E-state index contributed by atoms with van der Waals surface area (Å²) in [5, 5.41) is 11.2. The molecule has 3 aromatic rings. The second-order valence-corrected chi connectivity index (χ2v) is 7.78. The molecule has 0 aliphatic carbocycles. The van der Waals surface area contributed by atoms with Crippen LogP contribution in [-0.4, -0.2) is 30.2 Å². The van der Waals surface area contributed by atoms with E-state index in [1.54, 1.807) is 7.11 Å². The Morgan fingerprint density at radius 2 is 1.93 bits per heavy atom. The number of ether oxygens (including phenoxy) is 1. The van der Waals surface area contributed by atoms with Crippen molar-refractivity contribution in [3.63, 3.8) is 0 Å². The van der Waals surface area contributed by atoms with Gasteiger partial charge in [-0.15, -0.1) is 18.2 Å². The highest BCUT2D eigenvalue weighted by Crippen LogP contribution is 2.28. The molecule has 28 heavy (non-hydrogen) atoms. The van der Waals surface area contributed by atoms with Gasteiger partial charge in [0.25, 0.3) is 5.69 Å². The molecule has 1 heterocycles. The van der Waals surface area contributed by atoms with Crippen LogP contribution >= 0.6 is 11.6 Å². The van der Waals surface area contributed by atoms with Crippen LogP contribution in [0.3, 0.4) is 0 Å². The highest BCUT2D eigenvalue weighted by atomic mass is 35.5. The number of methoxy groups -OCH3 is 1. The average Bonchev–Trinajstić information content (AvgIpc) is 3.08. The highest BCUT2D eigenvalue weighted by Gasteiger charge is 2.19.